The minimum Gasteiger partial charge on any atom is -0.306 e. The molecule has 0 aliphatic heterocycles. The average Bonchev–Trinajstić information content (AvgIpc) is 3.18. The van der Waals surface area contributed by atoms with Gasteiger partial charge in [0.25, 0.3) is 0 Å². The summed E-state index contributed by atoms with van der Waals surface area (Å²) in [7, 11) is 0. The van der Waals surface area contributed by atoms with Crippen molar-refractivity contribution in [3.05, 3.63) is 65.1 Å². The Balaban J connectivity index is 1.61. The molecule has 0 aliphatic carbocycles. The van der Waals surface area contributed by atoms with Gasteiger partial charge in [0.2, 0.25) is 0 Å². The van der Waals surface area contributed by atoms with Gasteiger partial charge in [-0.1, -0.05) is 12.1 Å². The molecule has 102 valence electrons. The fourth-order valence-electron chi connectivity index (χ4n) is 2.00. The zero-order chi connectivity index (χ0) is 13.8. The van der Waals surface area contributed by atoms with Crippen LogP contribution in [0.1, 0.15) is 23.5 Å². The molecule has 0 saturated heterocycles. The quantitative estimate of drug-likeness (QED) is 0.782. The molecule has 2 aromatic heterocycles. The van der Waals surface area contributed by atoms with Gasteiger partial charge in [-0.25, -0.2) is 9.97 Å². The number of nitrogens with zero attached hydrogens (tertiary/aromatic N) is 3. The standard InChI is InChI=1S/C15H16N4S/c1-12(15-17-7-9-20-15)18-10-13-2-4-14(5-3-13)19-8-6-16-11-19/h2-9,11-12,18H,10H2,1H3. The van der Waals surface area contributed by atoms with Gasteiger partial charge in [-0.2, -0.15) is 0 Å². The first-order chi connectivity index (χ1) is 9.83. The summed E-state index contributed by atoms with van der Waals surface area (Å²) >= 11 is 1.68. The molecular formula is C15H16N4S. The summed E-state index contributed by atoms with van der Waals surface area (Å²) in [5, 5.41) is 6.62. The summed E-state index contributed by atoms with van der Waals surface area (Å²) in [6.45, 7) is 2.98. The van der Waals surface area contributed by atoms with E-state index in [1.54, 1.807) is 23.9 Å². The lowest BCUT2D eigenvalue weighted by molar-refractivity contribution is 0.572. The molecule has 0 saturated carbocycles. The molecule has 0 aliphatic rings. The van der Waals surface area contributed by atoms with Gasteiger partial charge in [0.05, 0.1) is 12.4 Å². The van der Waals surface area contributed by atoms with Gasteiger partial charge >= 0.3 is 0 Å². The van der Waals surface area contributed by atoms with E-state index in [0.717, 1.165) is 17.2 Å². The Hall–Kier alpha value is -1.98. The minimum atomic E-state index is 0.281. The van der Waals surface area contributed by atoms with E-state index in [1.807, 2.05) is 22.3 Å². The van der Waals surface area contributed by atoms with Crippen LogP contribution in [0.25, 0.3) is 5.69 Å². The van der Waals surface area contributed by atoms with Gasteiger partial charge in [0.15, 0.2) is 0 Å². The summed E-state index contributed by atoms with van der Waals surface area (Å²) in [5.74, 6) is 0. The van der Waals surface area contributed by atoms with Crippen LogP contribution < -0.4 is 5.32 Å². The van der Waals surface area contributed by atoms with Crippen molar-refractivity contribution >= 4 is 11.3 Å². The second kappa shape index (κ2) is 5.98. The highest BCUT2D eigenvalue weighted by atomic mass is 32.1. The molecule has 0 amide bonds. The van der Waals surface area contributed by atoms with E-state index in [9.17, 15) is 0 Å². The van der Waals surface area contributed by atoms with Crippen molar-refractivity contribution in [2.45, 2.75) is 19.5 Å². The minimum absolute atomic E-state index is 0.281. The summed E-state index contributed by atoms with van der Waals surface area (Å²) in [6.07, 6.45) is 7.37. The van der Waals surface area contributed by atoms with Gasteiger partial charge in [-0.15, -0.1) is 11.3 Å². The van der Waals surface area contributed by atoms with Gasteiger partial charge in [-0.3, -0.25) is 0 Å². The highest BCUT2D eigenvalue weighted by Crippen LogP contribution is 2.16. The molecule has 0 bridgehead atoms. The lowest BCUT2D eigenvalue weighted by Gasteiger charge is -2.11. The molecule has 0 radical (unpaired) electrons. The number of thiazole rings is 1. The number of rotatable bonds is 5. The number of imidazole rings is 1. The normalized spacial score (nSPS) is 12.4. The van der Waals surface area contributed by atoms with Crippen molar-refractivity contribution in [3.63, 3.8) is 0 Å². The molecule has 20 heavy (non-hydrogen) atoms. The third-order valence-corrected chi connectivity index (χ3v) is 4.13. The van der Waals surface area contributed by atoms with Crippen molar-refractivity contribution in [2.75, 3.05) is 0 Å². The van der Waals surface area contributed by atoms with Gasteiger partial charge in [-0.05, 0) is 24.6 Å². The Bertz CT molecular complexity index is 629. The van der Waals surface area contributed by atoms with Crippen LogP contribution in [-0.4, -0.2) is 14.5 Å². The second-order valence-electron chi connectivity index (χ2n) is 4.61. The number of benzene rings is 1. The van der Waals surface area contributed by atoms with Crippen LogP contribution in [0, 0.1) is 0 Å². The maximum atomic E-state index is 4.32. The third-order valence-electron chi connectivity index (χ3n) is 3.17. The van der Waals surface area contributed by atoms with Crippen molar-refractivity contribution in [1.82, 2.24) is 19.9 Å². The van der Waals surface area contributed by atoms with Crippen LogP contribution in [-0.2, 0) is 6.54 Å². The Morgan fingerprint density at radius 1 is 1.25 bits per heavy atom. The molecule has 0 fully saturated rings. The maximum absolute atomic E-state index is 4.32. The highest BCUT2D eigenvalue weighted by molar-refractivity contribution is 7.09. The second-order valence-corrected chi connectivity index (χ2v) is 5.54. The van der Waals surface area contributed by atoms with E-state index in [0.29, 0.717) is 0 Å². The first-order valence-electron chi connectivity index (χ1n) is 6.53. The first kappa shape index (κ1) is 13.0. The third kappa shape index (κ3) is 2.95. The monoisotopic (exact) mass is 284 g/mol. The molecule has 1 N–H and O–H groups in total. The zero-order valence-corrected chi connectivity index (χ0v) is 12.0. The summed E-state index contributed by atoms with van der Waals surface area (Å²) in [4.78, 5) is 8.38. The van der Waals surface area contributed by atoms with E-state index in [1.165, 1.54) is 5.56 Å². The fraction of sp³-hybridized carbons (Fsp3) is 0.200. The summed E-state index contributed by atoms with van der Waals surface area (Å²) in [5.41, 5.74) is 2.39. The molecule has 1 atom stereocenters. The molecule has 5 heteroatoms. The van der Waals surface area contributed by atoms with E-state index in [2.05, 4.69) is 46.5 Å². The zero-order valence-electron chi connectivity index (χ0n) is 11.2. The van der Waals surface area contributed by atoms with Gasteiger partial charge in [0.1, 0.15) is 5.01 Å². The van der Waals surface area contributed by atoms with E-state index in [-0.39, 0.29) is 6.04 Å². The average molecular weight is 284 g/mol. The van der Waals surface area contributed by atoms with Crippen LogP contribution in [0.2, 0.25) is 0 Å². The Morgan fingerprint density at radius 3 is 2.75 bits per heavy atom. The van der Waals surface area contributed by atoms with Crippen LogP contribution >= 0.6 is 11.3 Å². The Morgan fingerprint density at radius 2 is 2.10 bits per heavy atom. The number of hydrogen-bond acceptors (Lipinski definition) is 4. The largest absolute Gasteiger partial charge is 0.306 e. The molecule has 3 rings (SSSR count). The molecule has 0 spiro atoms. The predicted octanol–water partition coefficient (Wildman–Crippen LogP) is 3.18. The number of nitrogens with one attached hydrogen (secondary N) is 1. The van der Waals surface area contributed by atoms with Crippen LogP contribution in [0.4, 0.5) is 0 Å². The molecule has 3 aromatic rings. The predicted molar refractivity (Wildman–Crippen MR) is 80.9 cm³/mol. The highest BCUT2D eigenvalue weighted by Gasteiger charge is 2.06. The van der Waals surface area contributed by atoms with E-state index < -0.39 is 0 Å². The van der Waals surface area contributed by atoms with Gasteiger partial charge in [0, 0.05) is 36.2 Å². The molecular weight excluding hydrogens is 268 g/mol. The van der Waals surface area contributed by atoms with Crippen LogP contribution in [0.15, 0.2) is 54.6 Å². The Kier molecular flexibility index (Phi) is 3.90. The van der Waals surface area contributed by atoms with Crippen molar-refractivity contribution in [1.29, 1.82) is 0 Å². The summed E-state index contributed by atoms with van der Waals surface area (Å²) < 4.78 is 2.00. The molecule has 1 aromatic carbocycles. The molecule has 1 unspecified atom stereocenters. The van der Waals surface area contributed by atoms with Crippen LogP contribution in [0.5, 0.6) is 0 Å². The lowest BCUT2D eigenvalue weighted by atomic mass is 10.2. The van der Waals surface area contributed by atoms with E-state index >= 15 is 0 Å². The molecule has 4 nitrogen and oxygen atoms in total. The number of aromatic nitrogens is 3. The SMILES string of the molecule is CC(NCc1ccc(-n2ccnc2)cc1)c1nccs1. The lowest BCUT2D eigenvalue weighted by Crippen LogP contribution is -2.17. The van der Waals surface area contributed by atoms with Crippen molar-refractivity contribution < 1.29 is 0 Å². The van der Waals surface area contributed by atoms with Gasteiger partial charge < -0.3 is 9.88 Å². The smallest absolute Gasteiger partial charge is 0.109 e. The fourth-order valence-corrected chi connectivity index (χ4v) is 2.67. The first-order valence-corrected chi connectivity index (χ1v) is 7.41. The van der Waals surface area contributed by atoms with E-state index in [4.69, 9.17) is 0 Å². The van der Waals surface area contributed by atoms with Crippen molar-refractivity contribution in [2.24, 2.45) is 0 Å². The number of hydrogen-bond donors (Lipinski definition) is 1. The Labute approximate surface area is 122 Å². The van der Waals surface area contributed by atoms with Crippen molar-refractivity contribution in [3.8, 4) is 5.69 Å². The topological polar surface area (TPSA) is 42.7 Å². The van der Waals surface area contributed by atoms with Crippen LogP contribution in [0.3, 0.4) is 0 Å². The summed E-state index contributed by atoms with van der Waals surface area (Å²) in [6, 6.07) is 8.76. The maximum Gasteiger partial charge on any atom is 0.109 e. The molecule has 2 heterocycles.